The molecule has 1 aliphatic rings. The first-order chi connectivity index (χ1) is 10.1. The van der Waals surface area contributed by atoms with E-state index in [1.165, 1.54) is 19.8 Å². The third kappa shape index (κ3) is 2.99. The lowest BCUT2D eigenvalue weighted by molar-refractivity contribution is -0.156. The van der Waals surface area contributed by atoms with Gasteiger partial charge in [0, 0.05) is 5.92 Å². The van der Waals surface area contributed by atoms with Crippen molar-refractivity contribution in [2.45, 2.75) is 25.2 Å². The Labute approximate surface area is 124 Å². The molecule has 1 aliphatic carbocycles. The predicted molar refractivity (Wildman–Crippen MR) is 78.8 cm³/mol. The lowest BCUT2D eigenvalue weighted by Crippen LogP contribution is -2.31. The molecule has 21 heavy (non-hydrogen) atoms. The van der Waals surface area contributed by atoms with Gasteiger partial charge in [-0.15, -0.1) is 0 Å². The molecule has 0 radical (unpaired) electrons. The monoisotopic (exact) mass is 288 g/mol. The Morgan fingerprint density at radius 2 is 1.81 bits per heavy atom. The summed E-state index contributed by atoms with van der Waals surface area (Å²) < 4.78 is 9.47. The largest absolute Gasteiger partial charge is 0.468 e. The maximum absolute atomic E-state index is 11.9. The van der Waals surface area contributed by atoms with Crippen LogP contribution in [0.25, 0.3) is 0 Å². The van der Waals surface area contributed by atoms with Gasteiger partial charge < -0.3 is 9.47 Å². The first-order valence-corrected chi connectivity index (χ1v) is 7.02. The number of fused-ring (bicyclic) bond motifs is 1. The molecular formula is C17H20O4. The summed E-state index contributed by atoms with van der Waals surface area (Å²) in [6, 6.07) is 8.09. The van der Waals surface area contributed by atoms with Crippen LogP contribution in [0.2, 0.25) is 0 Å². The molecule has 0 bridgehead atoms. The van der Waals surface area contributed by atoms with E-state index in [0.717, 1.165) is 24.8 Å². The summed E-state index contributed by atoms with van der Waals surface area (Å²) in [6.45, 7) is 4.01. The Balaban J connectivity index is 2.34. The van der Waals surface area contributed by atoms with Crippen molar-refractivity contribution in [3.8, 4) is 0 Å². The molecule has 0 saturated carbocycles. The van der Waals surface area contributed by atoms with Crippen LogP contribution in [0.3, 0.4) is 0 Å². The van der Waals surface area contributed by atoms with E-state index in [4.69, 9.17) is 9.47 Å². The average Bonchev–Trinajstić information content (AvgIpc) is 2.53. The van der Waals surface area contributed by atoms with Crippen LogP contribution < -0.4 is 0 Å². The lowest BCUT2D eigenvalue weighted by Gasteiger charge is -2.29. The summed E-state index contributed by atoms with van der Waals surface area (Å²) in [5.41, 5.74) is 2.95. The number of hydrogen-bond acceptors (Lipinski definition) is 4. The number of benzene rings is 1. The van der Waals surface area contributed by atoms with Crippen LogP contribution in [0.1, 0.15) is 29.9 Å². The van der Waals surface area contributed by atoms with Crippen LogP contribution in [0.15, 0.2) is 36.4 Å². The van der Waals surface area contributed by atoms with E-state index >= 15 is 0 Å². The van der Waals surface area contributed by atoms with Gasteiger partial charge in [0.1, 0.15) is 0 Å². The minimum Gasteiger partial charge on any atom is -0.468 e. The van der Waals surface area contributed by atoms with Gasteiger partial charge >= 0.3 is 11.9 Å². The fourth-order valence-corrected chi connectivity index (χ4v) is 2.97. The highest BCUT2D eigenvalue weighted by Crippen LogP contribution is 2.39. The third-order valence-electron chi connectivity index (χ3n) is 4.06. The molecule has 1 aromatic rings. The van der Waals surface area contributed by atoms with Gasteiger partial charge in [0.2, 0.25) is 0 Å². The molecule has 0 N–H and O–H groups in total. The van der Waals surface area contributed by atoms with E-state index in [2.05, 4.69) is 12.6 Å². The van der Waals surface area contributed by atoms with E-state index in [1.807, 2.05) is 18.2 Å². The minimum absolute atomic E-state index is 0.0156. The highest BCUT2D eigenvalue weighted by Gasteiger charge is 2.36. The molecule has 2 rings (SSSR count). The Kier molecular flexibility index (Phi) is 4.78. The van der Waals surface area contributed by atoms with E-state index in [9.17, 15) is 9.59 Å². The molecule has 4 heteroatoms. The van der Waals surface area contributed by atoms with Crippen LogP contribution >= 0.6 is 0 Å². The molecule has 1 unspecified atom stereocenters. The van der Waals surface area contributed by atoms with Gasteiger partial charge in [-0.2, -0.15) is 0 Å². The number of aryl methyl sites for hydroxylation is 1. The number of methoxy groups -OCH3 is 2. The highest BCUT2D eigenvalue weighted by molar-refractivity contribution is 5.98. The molecule has 0 amide bonds. The summed E-state index contributed by atoms with van der Waals surface area (Å²) in [5.74, 6) is -2.31. The van der Waals surface area contributed by atoms with Gasteiger partial charge in [0.25, 0.3) is 0 Å². The first-order valence-electron chi connectivity index (χ1n) is 7.02. The van der Waals surface area contributed by atoms with E-state index in [-0.39, 0.29) is 5.92 Å². The molecule has 4 nitrogen and oxygen atoms in total. The minimum atomic E-state index is -1.06. The van der Waals surface area contributed by atoms with E-state index < -0.39 is 17.9 Å². The van der Waals surface area contributed by atoms with Crippen molar-refractivity contribution in [1.82, 2.24) is 0 Å². The number of carbonyl (C=O) groups is 2. The zero-order valence-electron chi connectivity index (χ0n) is 12.4. The second kappa shape index (κ2) is 6.57. The molecule has 1 aromatic carbocycles. The van der Waals surface area contributed by atoms with Crippen molar-refractivity contribution in [3.63, 3.8) is 0 Å². The quantitative estimate of drug-likeness (QED) is 0.485. The van der Waals surface area contributed by atoms with Crippen LogP contribution in [0, 0.1) is 5.92 Å². The normalized spacial score (nSPS) is 17.0. The highest BCUT2D eigenvalue weighted by atomic mass is 16.5. The zero-order chi connectivity index (χ0) is 15.4. The molecular weight excluding hydrogens is 268 g/mol. The van der Waals surface area contributed by atoms with Crippen LogP contribution in [-0.2, 0) is 25.5 Å². The second-order valence-corrected chi connectivity index (χ2v) is 5.20. The van der Waals surface area contributed by atoms with Gasteiger partial charge in [-0.1, -0.05) is 30.8 Å². The van der Waals surface area contributed by atoms with Crippen LogP contribution in [0.4, 0.5) is 0 Å². The number of ether oxygens (including phenoxy) is 2. The summed E-state index contributed by atoms with van der Waals surface area (Å²) in [6.07, 6.45) is 2.90. The Hall–Kier alpha value is -2.10. The van der Waals surface area contributed by atoms with E-state index in [1.54, 1.807) is 0 Å². The fraction of sp³-hybridized carbons (Fsp3) is 0.412. The number of carbonyl (C=O) groups excluding carboxylic acids is 2. The van der Waals surface area contributed by atoms with Gasteiger partial charge in [-0.3, -0.25) is 9.59 Å². The van der Waals surface area contributed by atoms with Gasteiger partial charge in [-0.05, 0) is 36.0 Å². The maximum atomic E-state index is 11.9. The van der Waals surface area contributed by atoms with E-state index in [0.29, 0.717) is 5.57 Å². The molecule has 0 heterocycles. The fourth-order valence-electron chi connectivity index (χ4n) is 2.97. The van der Waals surface area contributed by atoms with Crippen molar-refractivity contribution in [2.24, 2.45) is 5.92 Å². The topological polar surface area (TPSA) is 52.6 Å². The second-order valence-electron chi connectivity index (χ2n) is 5.20. The summed E-state index contributed by atoms with van der Waals surface area (Å²) >= 11 is 0. The number of hydrogen-bond donors (Lipinski definition) is 0. The lowest BCUT2D eigenvalue weighted by atomic mass is 9.75. The molecule has 0 aromatic heterocycles. The SMILES string of the molecule is C=C(C(C(=O)OC)C(=O)OC)C1CCCc2ccccc21. The number of rotatable bonds is 4. The van der Waals surface area contributed by atoms with Gasteiger partial charge in [0.15, 0.2) is 5.92 Å². The standard InChI is InChI=1S/C17H20O4/c1-11(15(16(18)20-2)17(19)21-3)13-10-6-8-12-7-4-5-9-14(12)13/h4-5,7,9,13,15H,1,6,8,10H2,2-3H3. The van der Waals surface area contributed by atoms with Crippen molar-refractivity contribution in [3.05, 3.63) is 47.5 Å². The summed E-state index contributed by atoms with van der Waals surface area (Å²) in [4.78, 5) is 23.8. The van der Waals surface area contributed by atoms with Gasteiger partial charge in [0.05, 0.1) is 14.2 Å². The summed E-state index contributed by atoms with van der Waals surface area (Å²) in [5, 5.41) is 0. The van der Waals surface area contributed by atoms with Crippen LogP contribution in [-0.4, -0.2) is 26.2 Å². The van der Waals surface area contributed by atoms with Crippen molar-refractivity contribution in [2.75, 3.05) is 14.2 Å². The third-order valence-corrected chi connectivity index (χ3v) is 4.06. The van der Waals surface area contributed by atoms with Crippen molar-refractivity contribution < 1.29 is 19.1 Å². The predicted octanol–water partition coefficient (Wildman–Crippen LogP) is 2.62. The summed E-state index contributed by atoms with van der Waals surface area (Å²) in [7, 11) is 2.53. The average molecular weight is 288 g/mol. The van der Waals surface area contributed by atoms with Crippen molar-refractivity contribution in [1.29, 1.82) is 0 Å². The van der Waals surface area contributed by atoms with Crippen LogP contribution in [0.5, 0.6) is 0 Å². The van der Waals surface area contributed by atoms with Crippen molar-refractivity contribution >= 4 is 11.9 Å². The molecule has 0 aliphatic heterocycles. The molecule has 0 spiro atoms. The first kappa shape index (κ1) is 15.3. The zero-order valence-corrected chi connectivity index (χ0v) is 12.4. The smallest absolute Gasteiger partial charge is 0.324 e. The molecule has 1 atom stereocenters. The Morgan fingerprint density at radius 1 is 1.19 bits per heavy atom. The maximum Gasteiger partial charge on any atom is 0.324 e. The molecule has 0 saturated heterocycles. The molecule has 112 valence electrons. The van der Waals surface area contributed by atoms with Gasteiger partial charge in [-0.25, -0.2) is 0 Å². The number of esters is 2. The Morgan fingerprint density at radius 3 is 2.43 bits per heavy atom. The Bertz CT molecular complexity index is 546. The molecule has 0 fully saturated rings.